The molecule has 0 N–H and O–H groups in total. The molecule has 0 atom stereocenters. The SMILES string of the molecule is CCN(CCCN(C)C)C(=O)c1cc(OC)ccc1Br. The zero-order valence-corrected chi connectivity index (χ0v) is 14.2. The Bertz CT molecular complexity index is 449. The van der Waals surface area contributed by atoms with Crippen molar-refractivity contribution in [3.63, 3.8) is 0 Å². The highest BCUT2D eigenvalue weighted by molar-refractivity contribution is 9.10. The molecule has 0 radical (unpaired) electrons. The zero-order valence-electron chi connectivity index (χ0n) is 12.6. The molecule has 0 aliphatic rings. The van der Waals surface area contributed by atoms with E-state index in [9.17, 15) is 4.79 Å². The van der Waals surface area contributed by atoms with E-state index in [1.165, 1.54) is 0 Å². The van der Waals surface area contributed by atoms with Crippen LogP contribution in [-0.2, 0) is 0 Å². The van der Waals surface area contributed by atoms with E-state index in [1.807, 2.05) is 38.1 Å². The van der Waals surface area contributed by atoms with Crippen molar-refractivity contribution in [1.82, 2.24) is 9.80 Å². The van der Waals surface area contributed by atoms with Crippen LogP contribution in [0.5, 0.6) is 5.75 Å². The summed E-state index contributed by atoms with van der Waals surface area (Å²) < 4.78 is 5.99. The largest absolute Gasteiger partial charge is 0.497 e. The number of carbonyl (C=O) groups excluding carboxylic acids is 1. The van der Waals surface area contributed by atoms with Gasteiger partial charge in [0.25, 0.3) is 5.91 Å². The maximum Gasteiger partial charge on any atom is 0.255 e. The molecule has 0 aliphatic heterocycles. The van der Waals surface area contributed by atoms with Crippen molar-refractivity contribution in [2.45, 2.75) is 13.3 Å². The van der Waals surface area contributed by atoms with E-state index in [0.717, 1.165) is 24.0 Å². The van der Waals surface area contributed by atoms with Crippen molar-refractivity contribution in [3.8, 4) is 5.75 Å². The third-order valence-corrected chi connectivity index (χ3v) is 3.80. The summed E-state index contributed by atoms with van der Waals surface area (Å²) in [4.78, 5) is 16.6. The normalized spacial score (nSPS) is 10.7. The quantitative estimate of drug-likeness (QED) is 0.763. The second kappa shape index (κ2) is 8.27. The van der Waals surface area contributed by atoms with Gasteiger partial charge in [-0.3, -0.25) is 4.79 Å². The Morgan fingerprint density at radius 3 is 2.55 bits per heavy atom. The smallest absolute Gasteiger partial charge is 0.255 e. The average molecular weight is 343 g/mol. The van der Waals surface area contributed by atoms with Gasteiger partial charge in [-0.2, -0.15) is 0 Å². The predicted molar refractivity (Wildman–Crippen MR) is 85.4 cm³/mol. The zero-order chi connectivity index (χ0) is 15.1. The lowest BCUT2D eigenvalue weighted by atomic mass is 10.2. The Kier molecular flexibility index (Phi) is 7.02. The second-order valence-electron chi connectivity index (χ2n) is 4.89. The van der Waals surface area contributed by atoms with Gasteiger partial charge < -0.3 is 14.5 Å². The highest BCUT2D eigenvalue weighted by Gasteiger charge is 2.17. The molecule has 20 heavy (non-hydrogen) atoms. The van der Waals surface area contributed by atoms with Gasteiger partial charge in [0.2, 0.25) is 0 Å². The number of benzene rings is 1. The van der Waals surface area contributed by atoms with E-state index in [0.29, 0.717) is 17.9 Å². The minimum Gasteiger partial charge on any atom is -0.497 e. The standard InChI is InChI=1S/C15H23BrN2O2/c1-5-18(10-6-9-17(2)3)15(19)13-11-12(20-4)7-8-14(13)16/h7-8,11H,5-6,9-10H2,1-4H3. The van der Waals surface area contributed by atoms with Gasteiger partial charge in [-0.25, -0.2) is 0 Å². The summed E-state index contributed by atoms with van der Waals surface area (Å²) in [5.74, 6) is 0.734. The first kappa shape index (κ1) is 17.0. The Labute approximate surface area is 129 Å². The van der Waals surface area contributed by atoms with Crippen LogP contribution in [0.1, 0.15) is 23.7 Å². The second-order valence-corrected chi connectivity index (χ2v) is 5.74. The molecule has 4 nitrogen and oxygen atoms in total. The fourth-order valence-corrected chi connectivity index (χ4v) is 2.36. The number of rotatable bonds is 7. The Morgan fingerprint density at radius 2 is 2.00 bits per heavy atom. The molecule has 1 aromatic carbocycles. The third-order valence-electron chi connectivity index (χ3n) is 3.11. The number of carbonyl (C=O) groups is 1. The fourth-order valence-electron chi connectivity index (χ4n) is 1.95. The van der Waals surface area contributed by atoms with Gasteiger partial charge in [0.05, 0.1) is 12.7 Å². The van der Waals surface area contributed by atoms with E-state index < -0.39 is 0 Å². The van der Waals surface area contributed by atoms with Gasteiger partial charge in [-0.1, -0.05) is 0 Å². The predicted octanol–water partition coefficient (Wildman–Crippen LogP) is 2.87. The number of nitrogens with zero attached hydrogens (tertiary/aromatic N) is 2. The number of hydrogen-bond donors (Lipinski definition) is 0. The minimum absolute atomic E-state index is 0.0389. The molecular weight excluding hydrogens is 320 g/mol. The molecule has 0 fully saturated rings. The number of methoxy groups -OCH3 is 1. The average Bonchev–Trinajstić information content (AvgIpc) is 2.43. The van der Waals surface area contributed by atoms with Crippen LogP contribution in [0.3, 0.4) is 0 Å². The Morgan fingerprint density at radius 1 is 1.30 bits per heavy atom. The molecule has 0 bridgehead atoms. The van der Waals surface area contributed by atoms with Crippen LogP contribution in [0.15, 0.2) is 22.7 Å². The maximum atomic E-state index is 12.6. The summed E-state index contributed by atoms with van der Waals surface area (Å²) in [6, 6.07) is 5.46. The fraction of sp³-hybridized carbons (Fsp3) is 0.533. The summed E-state index contributed by atoms with van der Waals surface area (Å²) in [5, 5.41) is 0. The van der Waals surface area contributed by atoms with Crippen molar-refractivity contribution >= 4 is 21.8 Å². The molecule has 0 aromatic heterocycles. The first-order valence-corrected chi connectivity index (χ1v) is 7.56. The highest BCUT2D eigenvalue weighted by atomic mass is 79.9. The first-order valence-electron chi connectivity index (χ1n) is 6.77. The minimum atomic E-state index is 0.0389. The monoisotopic (exact) mass is 342 g/mol. The number of halogens is 1. The number of amides is 1. The van der Waals surface area contributed by atoms with Gasteiger partial charge in [0.1, 0.15) is 5.75 Å². The molecular formula is C15H23BrN2O2. The number of hydrogen-bond acceptors (Lipinski definition) is 3. The van der Waals surface area contributed by atoms with Gasteiger partial charge >= 0.3 is 0 Å². The molecule has 1 amide bonds. The van der Waals surface area contributed by atoms with Crippen molar-refractivity contribution in [2.24, 2.45) is 0 Å². The third kappa shape index (κ3) is 4.80. The maximum absolute atomic E-state index is 12.6. The van der Waals surface area contributed by atoms with E-state index in [1.54, 1.807) is 13.2 Å². The lowest BCUT2D eigenvalue weighted by Crippen LogP contribution is -2.33. The van der Waals surface area contributed by atoms with Gasteiger partial charge in [-0.15, -0.1) is 0 Å². The van der Waals surface area contributed by atoms with Crippen LogP contribution in [-0.4, -0.2) is 56.5 Å². The van der Waals surface area contributed by atoms with E-state index >= 15 is 0 Å². The van der Waals surface area contributed by atoms with E-state index in [2.05, 4.69) is 20.8 Å². The molecule has 0 heterocycles. The van der Waals surface area contributed by atoms with Crippen molar-refractivity contribution in [1.29, 1.82) is 0 Å². The van der Waals surface area contributed by atoms with Crippen LogP contribution >= 0.6 is 15.9 Å². The molecule has 0 saturated carbocycles. The van der Waals surface area contributed by atoms with Crippen LogP contribution in [0.4, 0.5) is 0 Å². The summed E-state index contributed by atoms with van der Waals surface area (Å²) in [5.41, 5.74) is 0.649. The van der Waals surface area contributed by atoms with Crippen molar-refractivity contribution < 1.29 is 9.53 Å². The Balaban J connectivity index is 2.79. The van der Waals surface area contributed by atoms with E-state index in [-0.39, 0.29) is 5.91 Å². The summed E-state index contributed by atoms with van der Waals surface area (Å²) >= 11 is 3.44. The molecule has 1 rings (SSSR count). The van der Waals surface area contributed by atoms with Gasteiger partial charge in [-0.05, 0) is 68.1 Å². The van der Waals surface area contributed by atoms with Gasteiger partial charge in [0, 0.05) is 17.6 Å². The number of ether oxygens (including phenoxy) is 1. The molecule has 0 saturated heterocycles. The molecule has 1 aromatic rings. The van der Waals surface area contributed by atoms with Gasteiger partial charge in [0.15, 0.2) is 0 Å². The van der Waals surface area contributed by atoms with Crippen molar-refractivity contribution in [2.75, 3.05) is 40.8 Å². The topological polar surface area (TPSA) is 32.8 Å². The molecule has 0 aliphatic carbocycles. The molecule has 112 valence electrons. The summed E-state index contributed by atoms with van der Waals surface area (Å²) in [6.07, 6.45) is 0.966. The molecule has 5 heteroatoms. The van der Waals surface area contributed by atoms with Crippen LogP contribution in [0.2, 0.25) is 0 Å². The van der Waals surface area contributed by atoms with E-state index in [4.69, 9.17) is 4.74 Å². The lowest BCUT2D eigenvalue weighted by Gasteiger charge is -2.22. The first-order chi connectivity index (χ1) is 9.49. The van der Waals surface area contributed by atoms with Crippen LogP contribution in [0, 0.1) is 0 Å². The molecule has 0 unspecified atom stereocenters. The molecule has 0 spiro atoms. The van der Waals surface area contributed by atoms with Crippen LogP contribution in [0.25, 0.3) is 0 Å². The van der Waals surface area contributed by atoms with Crippen LogP contribution < -0.4 is 4.74 Å². The highest BCUT2D eigenvalue weighted by Crippen LogP contribution is 2.23. The Hall–Kier alpha value is -1.07. The summed E-state index contributed by atoms with van der Waals surface area (Å²) in [6.45, 7) is 4.44. The summed E-state index contributed by atoms with van der Waals surface area (Å²) in [7, 11) is 5.68. The lowest BCUT2D eigenvalue weighted by molar-refractivity contribution is 0.0758. The van der Waals surface area contributed by atoms with Crippen molar-refractivity contribution in [3.05, 3.63) is 28.2 Å².